The molecule has 0 unspecified atom stereocenters. The van der Waals surface area contributed by atoms with Gasteiger partial charge < -0.3 is 10.1 Å². The number of aromatic nitrogens is 1. The lowest BCUT2D eigenvalue weighted by molar-refractivity contribution is 0.303. The lowest BCUT2D eigenvalue weighted by Gasteiger charge is -2.13. The molecule has 0 aliphatic heterocycles. The molecular weight excluding hydrogens is 396 g/mol. The highest BCUT2D eigenvalue weighted by atomic mass is 79.9. The summed E-state index contributed by atoms with van der Waals surface area (Å²) in [7, 11) is 0. The van der Waals surface area contributed by atoms with Crippen LogP contribution in [0.2, 0.25) is 5.02 Å². The number of hydrogen-bond donors (Lipinski definition) is 1. The molecule has 0 fully saturated rings. The summed E-state index contributed by atoms with van der Waals surface area (Å²) in [6, 6.07) is 13.7. The maximum absolute atomic E-state index is 6.01. The van der Waals surface area contributed by atoms with Crippen molar-refractivity contribution in [3.05, 3.63) is 74.7 Å². The van der Waals surface area contributed by atoms with Crippen molar-refractivity contribution < 1.29 is 4.74 Å². The van der Waals surface area contributed by atoms with Crippen LogP contribution < -0.4 is 10.1 Å². The van der Waals surface area contributed by atoms with Crippen LogP contribution in [0.1, 0.15) is 11.1 Å². The summed E-state index contributed by atoms with van der Waals surface area (Å²) in [5.41, 5.74) is 2.11. The van der Waals surface area contributed by atoms with Gasteiger partial charge in [0.2, 0.25) is 0 Å². The summed E-state index contributed by atoms with van der Waals surface area (Å²) in [6.45, 7) is 1.13. The van der Waals surface area contributed by atoms with Crippen molar-refractivity contribution in [1.29, 1.82) is 0 Å². The average Bonchev–Trinajstić information content (AvgIpc) is 3.05. The SMILES string of the molecule is Clc1cccc(COc2ccc(Br)cc2CNc2nccs2)c1. The topological polar surface area (TPSA) is 34.1 Å². The fourth-order valence-corrected chi connectivity index (χ4v) is 3.25. The zero-order valence-electron chi connectivity index (χ0n) is 12.1. The Balaban J connectivity index is 1.70. The third kappa shape index (κ3) is 4.70. The van der Waals surface area contributed by atoms with Crippen LogP contribution in [-0.4, -0.2) is 4.98 Å². The lowest BCUT2D eigenvalue weighted by atomic mass is 10.2. The van der Waals surface area contributed by atoms with E-state index in [0.717, 1.165) is 26.5 Å². The van der Waals surface area contributed by atoms with Gasteiger partial charge in [-0.1, -0.05) is 39.7 Å². The van der Waals surface area contributed by atoms with Crippen LogP contribution in [0.5, 0.6) is 5.75 Å². The van der Waals surface area contributed by atoms with E-state index in [1.54, 1.807) is 17.5 Å². The molecule has 23 heavy (non-hydrogen) atoms. The standard InChI is InChI=1S/C17H14BrClN2OS/c18-14-4-5-16(22-11-12-2-1-3-15(19)8-12)13(9-14)10-21-17-20-6-7-23-17/h1-9H,10-11H2,(H,20,21). The number of anilines is 1. The molecule has 3 rings (SSSR count). The van der Waals surface area contributed by atoms with Gasteiger partial charge in [0.05, 0.1) is 0 Å². The highest BCUT2D eigenvalue weighted by Crippen LogP contribution is 2.26. The number of nitrogens with zero attached hydrogens (tertiary/aromatic N) is 1. The molecule has 6 heteroatoms. The maximum Gasteiger partial charge on any atom is 0.182 e. The number of halogens is 2. The Morgan fingerprint density at radius 1 is 1.22 bits per heavy atom. The molecule has 0 bridgehead atoms. The highest BCUT2D eigenvalue weighted by Gasteiger charge is 2.06. The van der Waals surface area contributed by atoms with E-state index < -0.39 is 0 Å². The fraction of sp³-hybridized carbons (Fsp3) is 0.118. The van der Waals surface area contributed by atoms with Crippen molar-refractivity contribution >= 4 is 44.0 Å². The first-order chi connectivity index (χ1) is 11.2. The van der Waals surface area contributed by atoms with E-state index in [4.69, 9.17) is 16.3 Å². The van der Waals surface area contributed by atoms with E-state index in [-0.39, 0.29) is 0 Å². The van der Waals surface area contributed by atoms with Gasteiger partial charge in [-0.25, -0.2) is 4.98 Å². The zero-order chi connectivity index (χ0) is 16.1. The van der Waals surface area contributed by atoms with Gasteiger partial charge in [-0.3, -0.25) is 0 Å². The Morgan fingerprint density at radius 3 is 2.91 bits per heavy atom. The third-order valence-corrected chi connectivity index (χ3v) is 4.63. The van der Waals surface area contributed by atoms with Gasteiger partial charge in [0, 0.05) is 33.2 Å². The minimum Gasteiger partial charge on any atom is -0.489 e. The van der Waals surface area contributed by atoms with Crippen molar-refractivity contribution in [2.24, 2.45) is 0 Å². The smallest absolute Gasteiger partial charge is 0.182 e. The molecule has 0 saturated heterocycles. The summed E-state index contributed by atoms with van der Waals surface area (Å²) < 4.78 is 6.98. The monoisotopic (exact) mass is 408 g/mol. The predicted octanol–water partition coefficient (Wildman–Crippen LogP) is 5.75. The molecule has 0 amide bonds. The molecule has 0 aliphatic carbocycles. The van der Waals surface area contributed by atoms with Crippen LogP contribution in [0, 0.1) is 0 Å². The molecule has 1 N–H and O–H groups in total. The lowest BCUT2D eigenvalue weighted by Crippen LogP contribution is -2.03. The average molecular weight is 410 g/mol. The van der Waals surface area contributed by atoms with Gasteiger partial charge in [0.1, 0.15) is 12.4 Å². The van der Waals surface area contributed by atoms with E-state index in [1.807, 2.05) is 47.8 Å². The van der Waals surface area contributed by atoms with Crippen LogP contribution in [0.15, 0.2) is 58.5 Å². The second kappa shape index (κ2) is 7.81. The Bertz CT molecular complexity index is 780. The molecule has 1 aromatic heterocycles. The second-order valence-electron chi connectivity index (χ2n) is 4.86. The van der Waals surface area contributed by atoms with E-state index in [9.17, 15) is 0 Å². The van der Waals surface area contributed by atoms with Crippen LogP contribution >= 0.6 is 38.9 Å². The van der Waals surface area contributed by atoms with Gasteiger partial charge in [0.15, 0.2) is 5.13 Å². The number of nitrogens with one attached hydrogen (secondary N) is 1. The van der Waals surface area contributed by atoms with Crippen LogP contribution in [0.4, 0.5) is 5.13 Å². The molecule has 0 atom stereocenters. The van der Waals surface area contributed by atoms with Crippen LogP contribution in [-0.2, 0) is 13.2 Å². The minimum absolute atomic E-state index is 0.479. The summed E-state index contributed by atoms with van der Waals surface area (Å²) in [6.07, 6.45) is 1.78. The molecule has 0 saturated carbocycles. The van der Waals surface area contributed by atoms with Crippen LogP contribution in [0.3, 0.4) is 0 Å². The van der Waals surface area contributed by atoms with E-state index in [0.29, 0.717) is 18.2 Å². The van der Waals surface area contributed by atoms with Crippen molar-refractivity contribution in [3.63, 3.8) is 0 Å². The fourth-order valence-electron chi connectivity index (χ4n) is 2.10. The molecule has 118 valence electrons. The van der Waals surface area contributed by atoms with Gasteiger partial charge in [-0.15, -0.1) is 11.3 Å². The number of ether oxygens (including phenoxy) is 1. The molecular formula is C17H14BrClN2OS. The molecule has 2 aromatic carbocycles. The van der Waals surface area contributed by atoms with Crippen LogP contribution in [0.25, 0.3) is 0 Å². The Kier molecular flexibility index (Phi) is 5.54. The predicted molar refractivity (Wildman–Crippen MR) is 99.4 cm³/mol. The first-order valence-corrected chi connectivity index (χ1v) is 9.05. The quantitative estimate of drug-likeness (QED) is 0.563. The normalized spacial score (nSPS) is 10.5. The number of thiazole rings is 1. The largest absolute Gasteiger partial charge is 0.489 e. The van der Waals surface area contributed by atoms with Crippen molar-refractivity contribution in [3.8, 4) is 5.75 Å². The van der Waals surface area contributed by atoms with Gasteiger partial charge >= 0.3 is 0 Å². The van der Waals surface area contributed by atoms with Crippen molar-refractivity contribution in [1.82, 2.24) is 4.98 Å². The number of rotatable bonds is 6. The number of hydrogen-bond acceptors (Lipinski definition) is 4. The van der Waals surface area contributed by atoms with E-state index in [1.165, 1.54) is 0 Å². The zero-order valence-corrected chi connectivity index (χ0v) is 15.3. The summed E-state index contributed by atoms with van der Waals surface area (Å²) in [4.78, 5) is 4.23. The first kappa shape index (κ1) is 16.3. The molecule has 0 radical (unpaired) electrons. The Morgan fingerprint density at radius 2 is 2.13 bits per heavy atom. The molecule has 3 aromatic rings. The summed E-state index contributed by atoms with van der Waals surface area (Å²) >= 11 is 11.1. The van der Waals surface area contributed by atoms with Gasteiger partial charge in [-0.2, -0.15) is 0 Å². The Hall–Kier alpha value is -1.56. The van der Waals surface area contributed by atoms with E-state index in [2.05, 4.69) is 26.2 Å². The maximum atomic E-state index is 6.01. The second-order valence-corrected chi connectivity index (χ2v) is 7.11. The Labute approximate surface area is 152 Å². The van der Waals surface area contributed by atoms with Gasteiger partial charge in [-0.05, 0) is 35.9 Å². The third-order valence-electron chi connectivity index (χ3n) is 3.17. The first-order valence-electron chi connectivity index (χ1n) is 7.00. The van der Waals surface area contributed by atoms with E-state index >= 15 is 0 Å². The molecule has 0 aliphatic rings. The number of benzene rings is 2. The minimum atomic E-state index is 0.479. The van der Waals surface area contributed by atoms with Gasteiger partial charge in [0.25, 0.3) is 0 Å². The van der Waals surface area contributed by atoms with Crippen molar-refractivity contribution in [2.75, 3.05) is 5.32 Å². The summed E-state index contributed by atoms with van der Waals surface area (Å²) in [5.74, 6) is 0.845. The molecule has 1 heterocycles. The molecule has 0 spiro atoms. The van der Waals surface area contributed by atoms with Crippen molar-refractivity contribution in [2.45, 2.75) is 13.2 Å². The summed E-state index contributed by atoms with van der Waals surface area (Å²) in [5, 5.41) is 6.86. The molecule has 3 nitrogen and oxygen atoms in total. The highest BCUT2D eigenvalue weighted by molar-refractivity contribution is 9.10.